The molecule has 0 bridgehead atoms. The van der Waals surface area contributed by atoms with Crippen LogP contribution in [-0.2, 0) is 0 Å². The smallest absolute Gasteiger partial charge is 0.167 e. The van der Waals surface area contributed by atoms with Crippen molar-refractivity contribution in [3.8, 4) is 34.5 Å². The molecule has 8 nitrogen and oxygen atoms in total. The Morgan fingerprint density at radius 1 is 0.581 bits per heavy atom. The van der Waals surface area contributed by atoms with Gasteiger partial charge in [0.15, 0.2) is 11.6 Å². The molecule has 0 saturated heterocycles. The Kier molecular flexibility index (Phi) is 6.01. The first kappa shape index (κ1) is 21.5. The van der Waals surface area contributed by atoms with Gasteiger partial charge in [-0.05, 0) is 35.9 Å². The van der Waals surface area contributed by atoms with Crippen molar-refractivity contribution in [2.75, 3.05) is 0 Å². The average Bonchev–Trinajstić information content (AvgIpc) is 2.67. The third-order valence-electron chi connectivity index (χ3n) is 4.88. The Balaban J connectivity index is 1.94. The summed E-state index contributed by atoms with van der Waals surface area (Å²) in [7, 11) is 0. The molecule has 3 aromatic carbocycles. The summed E-state index contributed by atoms with van der Waals surface area (Å²) in [6.45, 7) is 0. The van der Waals surface area contributed by atoms with Crippen LogP contribution in [0.1, 0.15) is 45.0 Å². The molecule has 0 aromatic heterocycles. The van der Waals surface area contributed by atoms with Crippen molar-refractivity contribution in [3.05, 3.63) is 71.3 Å². The largest absolute Gasteiger partial charge is 0.508 e. The Morgan fingerprint density at radius 2 is 0.968 bits per heavy atom. The van der Waals surface area contributed by atoms with E-state index in [-0.39, 0.29) is 52.5 Å². The number of phenols is 6. The number of ketones is 2. The maximum absolute atomic E-state index is 12.8. The van der Waals surface area contributed by atoms with Gasteiger partial charge in [-0.3, -0.25) is 9.59 Å². The van der Waals surface area contributed by atoms with Crippen LogP contribution in [0.5, 0.6) is 34.5 Å². The summed E-state index contributed by atoms with van der Waals surface area (Å²) in [5.41, 5.74) is 0.0815. The van der Waals surface area contributed by atoms with Crippen LogP contribution in [0.2, 0.25) is 0 Å². The lowest BCUT2D eigenvalue weighted by Crippen LogP contribution is -2.13. The van der Waals surface area contributed by atoms with Gasteiger partial charge in [0, 0.05) is 37.0 Å². The van der Waals surface area contributed by atoms with Gasteiger partial charge in [-0.25, -0.2) is 0 Å². The first-order chi connectivity index (χ1) is 14.7. The molecule has 31 heavy (non-hydrogen) atoms. The van der Waals surface area contributed by atoms with Crippen LogP contribution >= 0.6 is 0 Å². The molecule has 160 valence electrons. The number of hydrogen-bond donors (Lipinski definition) is 6. The summed E-state index contributed by atoms with van der Waals surface area (Å²) in [5, 5.41) is 58.6. The lowest BCUT2D eigenvalue weighted by molar-refractivity contribution is 0.0942. The van der Waals surface area contributed by atoms with Crippen molar-refractivity contribution < 1.29 is 40.2 Å². The summed E-state index contributed by atoms with van der Waals surface area (Å²) >= 11 is 0. The molecule has 8 heteroatoms. The molecule has 0 amide bonds. The lowest BCUT2D eigenvalue weighted by Gasteiger charge is -2.18. The maximum Gasteiger partial charge on any atom is 0.167 e. The Morgan fingerprint density at radius 3 is 1.35 bits per heavy atom. The summed E-state index contributed by atoms with van der Waals surface area (Å²) in [6, 6.07) is 10.7. The zero-order chi connectivity index (χ0) is 22.7. The highest BCUT2D eigenvalue weighted by Crippen LogP contribution is 2.37. The van der Waals surface area contributed by atoms with Gasteiger partial charge in [0.05, 0.1) is 11.1 Å². The van der Waals surface area contributed by atoms with Gasteiger partial charge in [0.1, 0.15) is 34.5 Å². The van der Waals surface area contributed by atoms with Gasteiger partial charge in [-0.2, -0.15) is 0 Å². The first-order valence-corrected chi connectivity index (χ1v) is 9.28. The Hall–Kier alpha value is -4.20. The molecular formula is C23H20O8. The number of rotatable bonds is 7. The number of carbonyl (C=O) groups excluding carboxylic acids is 2. The quantitative estimate of drug-likeness (QED) is 0.315. The first-order valence-electron chi connectivity index (χ1n) is 9.28. The van der Waals surface area contributed by atoms with Crippen LogP contribution in [0.15, 0.2) is 54.6 Å². The summed E-state index contributed by atoms with van der Waals surface area (Å²) < 4.78 is 0. The minimum Gasteiger partial charge on any atom is -0.508 e. The number of aromatic hydroxyl groups is 6. The molecule has 0 radical (unpaired) electrons. The zero-order valence-corrected chi connectivity index (χ0v) is 16.2. The van der Waals surface area contributed by atoms with E-state index in [1.165, 1.54) is 36.4 Å². The second-order valence-electron chi connectivity index (χ2n) is 7.10. The molecule has 0 aliphatic heterocycles. The van der Waals surface area contributed by atoms with Crippen molar-refractivity contribution in [1.29, 1.82) is 0 Å². The highest BCUT2D eigenvalue weighted by atomic mass is 16.3. The topological polar surface area (TPSA) is 156 Å². The molecule has 0 aliphatic rings. The highest BCUT2D eigenvalue weighted by Gasteiger charge is 2.26. The Labute approximate surface area is 176 Å². The number of carbonyl (C=O) groups is 2. The third kappa shape index (κ3) is 4.87. The zero-order valence-electron chi connectivity index (χ0n) is 16.2. The third-order valence-corrected chi connectivity index (χ3v) is 4.88. The van der Waals surface area contributed by atoms with E-state index in [1.54, 1.807) is 0 Å². The van der Waals surface area contributed by atoms with E-state index in [0.29, 0.717) is 0 Å². The van der Waals surface area contributed by atoms with Gasteiger partial charge >= 0.3 is 0 Å². The van der Waals surface area contributed by atoms with E-state index in [9.17, 15) is 40.2 Å². The fraction of sp³-hybridized carbons (Fsp3) is 0.130. The Bertz CT molecular complexity index is 1090. The standard InChI is InChI=1S/C23H20O8/c24-13-1-4-16(21(29)9-13)12(7-19(27)17-5-2-14(25)10-22(17)30)8-20(28)18-6-3-15(26)11-23(18)31/h1-6,9-12,24-26,29-31H,7-8H2. The van der Waals surface area contributed by atoms with Crippen LogP contribution in [0.4, 0.5) is 0 Å². The molecule has 0 atom stereocenters. The summed E-state index contributed by atoms with van der Waals surface area (Å²) in [4.78, 5) is 25.6. The van der Waals surface area contributed by atoms with Crippen LogP contribution in [0, 0.1) is 0 Å². The van der Waals surface area contributed by atoms with E-state index in [4.69, 9.17) is 0 Å². The fourth-order valence-electron chi connectivity index (χ4n) is 3.35. The fourth-order valence-corrected chi connectivity index (χ4v) is 3.35. The number of Topliss-reactive ketones (excluding diaryl/α,β-unsaturated/α-hetero) is 2. The predicted octanol–water partition coefficient (Wildman–Crippen LogP) is 3.55. The van der Waals surface area contributed by atoms with Gasteiger partial charge in [0.2, 0.25) is 0 Å². The second-order valence-corrected chi connectivity index (χ2v) is 7.10. The molecule has 6 N–H and O–H groups in total. The molecule has 0 saturated carbocycles. The van der Waals surface area contributed by atoms with Crippen molar-refractivity contribution in [3.63, 3.8) is 0 Å². The van der Waals surface area contributed by atoms with E-state index in [0.717, 1.165) is 18.2 Å². The summed E-state index contributed by atoms with van der Waals surface area (Å²) in [5.74, 6) is -3.78. The lowest BCUT2D eigenvalue weighted by atomic mass is 9.85. The van der Waals surface area contributed by atoms with E-state index in [2.05, 4.69) is 0 Å². The monoisotopic (exact) mass is 424 g/mol. The second kappa shape index (κ2) is 8.66. The predicted molar refractivity (Wildman–Crippen MR) is 110 cm³/mol. The van der Waals surface area contributed by atoms with Gasteiger partial charge in [0.25, 0.3) is 0 Å². The molecule has 0 spiro atoms. The van der Waals surface area contributed by atoms with Gasteiger partial charge in [-0.15, -0.1) is 0 Å². The van der Waals surface area contributed by atoms with Crippen LogP contribution in [-0.4, -0.2) is 42.2 Å². The normalized spacial score (nSPS) is 10.9. The molecule has 0 heterocycles. The maximum atomic E-state index is 12.8. The molecule has 3 aromatic rings. The number of phenolic OH excluding ortho intramolecular Hbond substituents is 6. The summed E-state index contributed by atoms with van der Waals surface area (Å²) in [6.07, 6.45) is -0.581. The molecule has 0 fully saturated rings. The van der Waals surface area contributed by atoms with Crippen LogP contribution in [0.3, 0.4) is 0 Å². The van der Waals surface area contributed by atoms with Crippen molar-refractivity contribution in [2.45, 2.75) is 18.8 Å². The highest BCUT2D eigenvalue weighted by molar-refractivity contribution is 6.02. The van der Waals surface area contributed by atoms with E-state index < -0.39 is 29.0 Å². The van der Waals surface area contributed by atoms with Gasteiger partial charge < -0.3 is 30.6 Å². The van der Waals surface area contributed by atoms with E-state index >= 15 is 0 Å². The van der Waals surface area contributed by atoms with E-state index in [1.807, 2.05) is 0 Å². The number of benzene rings is 3. The van der Waals surface area contributed by atoms with Gasteiger partial charge in [-0.1, -0.05) is 6.07 Å². The van der Waals surface area contributed by atoms with Crippen molar-refractivity contribution in [2.24, 2.45) is 0 Å². The van der Waals surface area contributed by atoms with Crippen LogP contribution < -0.4 is 0 Å². The average molecular weight is 424 g/mol. The van der Waals surface area contributed by atoms with Crippen molar-refractivity contribution in [1.82, 2.24) is 0 Å². The molecule has 0 unspecified atom stereocenters. The molecule has 3 rings (SSSR count). The molecule has 0 aliphatic carbocycles. The minimum absolute atomic E-state index is 0.0685. The minimum atomic E-state index is -0.859. The number of hydrogen-bond acceptors (Lipinski definition) is 8. The van der Waals surface area contributed by atoms with Crippen LogP contribution in [0.25, 0.3) is 0 Å². The SMILES string of the molecule is O=C(CC(CC(=O)c1ccc(O)cc1O)c1ccc(O)cc1O)c1ccc(O)cc1O. The van der Waals surface area contributed by atoms with Crippen molar-refractivity contribution >= 4 is 11.6 Å². The molecular weight excluding hydrogens is 404 g/mol.